The fourth-order valence-corrected chi connectivity index (χ4v) is 2.46. The minimum Gasteiger partial charge on any atom is -0.405 e. The van der Waals surface area contributed by atoms with Crippen molar-refractivity contribution in [2.24, 2.45) is 0 Å². The Morgan fingerprint density at radius 3 is 2.30 bits per heavy atom. The largest absolute Gasteiger partial charge is 0.573 e. The molecule has 2 heterocycles. The number of anilines is 1. The minimum atomic E-state index is -4.91. The first-order valence-corrected chi connectivity index (χ1v) is 8.19. The topological polar surface area (TPSA) is 64.1 Å². The lowest BCUT2D eigenvalue weighted by Crippen LogP contribution is -2.17. The van der Waals surface area contributed by atoms with Gasteiger partial charge in [0, 0.05) is 18.0 Å². The molecule has 30 heavy (non-hydrogen) atoms. The first-order valence-electron chi connectivity index (χ1n) is 8.19. The lowest BCUT2D eigenvalue weighted by molar-refractivity contribution is -0.274. The number of hydrogen-bond donors (Lipinski definition) is 1. The highest BCUT2D eigenvalue weighted by molar-refractivity contribution is 6.03. The van der Waals surface area contributed by atoms with Gasteiger partial charge in [-0.3, -0.25) is 9.78 Å². The Kier molecular flexibility index (Phi) is 5.63. The third-order valence-electron chi connectivity index (χ3n) is 3.75. The average molecular weight is 427 g/mol. The summed E-state index contributed by atoms with van der Waals surface area (Å²) in [6.07, 6.45) is -7.71. The molecule has 11 heteroatoms. The van der Waals surface area contributed by atoms with Crippen molar-refractivity contribution in [1.82, 2.24) is 9.97 Å². The van der Waals surface area contributed by atoms with Crippen LogP contribution in [0.5, 0.6) is 5.75 Å². The molecule has 5 nitrogen and oxygen atoms in total. The van der Waals surface area contributed by atoms with Crippen LogP contribution in [0.4, 0.5) is 32.2 Å². The molecule has 0 atom stereocenters. The smallest absolute Gasteiger partial charge is 0.405 e. The van der Waals surface area contributed by atoms with Gasteiger partial charge in [-0.05, 0) is 35.9 Å². The van der Waals surface area contributed by atoms with E-state index >= 15 is 0 Å². The zero-order chi connectivity index (χ0) is 21.9. The molecule has 0 radical (unpaired) electrons. The van der Waals surface area contributed by atoms with Crippen LogP contribution in [-0.2, 0) is 6.18 Å². The van der Waals surface area contributed by atoms with E-state index in [1.165, 1.54) is 36.5 Å². The molecule has 1 N–H and O–H groups in total. The molecule has 0 unspecified atom stereocenters. The van der Waals surface area contributed by atoms with Crippen molar-refractivity contribution in [3.8, 4) is 16.9 Å². The lowest BCUT2D eigenvalue weighted by Gasteiger charge is -2.13. The molecular formula is C19H11F6N3O2. The normalized spacial score (nSPS) is 11.8. The van der Waals surface area contributed by atoms with Crippen molar-refractivity contribution in [3.63, 3.8) is 0 Å². The number of amides is 1. The van der Waals surface area contributed by atoms with Gasteiger partial charge in [0.1, 0.15) is 17.3 Å². The van der Waals surface area contributed by atoms with Crippen LogP contribution in [0, 0.1) is 0 Å². The number of pyridine rings is 2. The van der Waals surface area contributed by atoms with Gasteiger partial charge in [0.15, 0.2) is 0 Å². The molecular weight excluding hydrogens is 416 g/mol. The second-order valence-corrected chi connectivity index (χ2v) is 5.86. The SMILES string of the molecule is O=C(Nc1ccc(C(F)(F)F)cn1)c1cc(-c2ccccc2OC(F)(F)F)ccn1. The van der Waals surface area contributed by atoms with Crippen LogP contribution in [0.25, 0.3) is 11.1 Å². The maximum Gasteiger partial charge on any atom is 0.573 e. The Hall–Kier alpha value is -3.63. The zero-order valence-corrected chi connectivity index (χ0v) is 14.8. The molecule has 1 amide bonds. The summed E-state index contributed by atoms with van der Waals surface area (Å²) < 4.78 is 79.5. The van der Waals surface area contributed by atoms with E-state index in [9.17, 15) is 31.1 Å². The molecule has 3 aromatic rings. The van der Waals surface area contributed by atoms with Gasteiger partial charge in [-0.1, -0.05) is 18.2 Å². The maximum absolute atomic E-state index is 12.6. The Labute approximate surface area is 165 Å². The summed E-state index contributed by atoms with van der Waals surface area (Å²) in [4.78, 5) is 19.7. The molecule has 3 rings (SSSR count). The van der Waals surface area contributed by atoms with Crippen molar-refractivity contribution in [3.05, 3.63) is 72.2 Å². The van der Waals surface area contributed by atoms with Crippen LogP contribution in [0.2, 0.25) is 0 Å². The number of aromatic nitrogens is 2. The number of carbonyl (C=O) groups excluding carboxylic acids is 1. The Morgan fingerprint density at radius 1 is 0.933 bits per heavy atom. The van der Waals surface area contributed by atoms with Gasteiger partial charge >= 0.3 is 12.5 Å². The van der Waals surface area contributed by atoms with Gasteiger partial charge in [-0.25, -0.2) is 4.98 Å². The van der Waals surface area contributed by atoms with Gasteiger partial charge in [0.2, 0.25) is 0 Å². The Balaban J connectivity index is 1.83. The summed E-state index contributed by atoms with van der Waals surface area (Å²) in [6, 6.07) is 9.66. The summed E-state index contributed by atoms with van der Waals surface area (Å²) in [6.45, 7) is 0. The van der Waals surface area contributed by atoms with Crippen molar-refractivity contribution in [1.29, 1.82) is 0 Å². The van der Waals surface area contributed by atoms with Crippen molar-refractivity contribution >= 4 is 11.7 Å². The van der Waals surface area contributed by atoms with E-state index in [1.54, 1.807) is 0 Å². The summed E-state index contributed by atoms with van der Waals surface area (Å²) in [7, 11) is 0. The lowest BCUT2D eigenvalue weighted by atomic mass is 10.0. The van der Waals surface area contributed by atoms with Gasteiger partial charge in [-0.15, -0.1) is 13.2 Å². The van der Waals surface area contributed by atoms with E-state index in [0.29, 0.717) is 6.20 Å². The number of hydrogen-bond acceptors (Lipinski definition) is 4. The summed E-state index contributed by atoms with van der Waals surface area (Å²) in [5.41, 5.74) is -0.882. The van der Waals surface area contributed by atoms with Crippen LogP contribution in [0.1, 0.15) is 16.1 Å². The number of rotatable bonds is 4. The number of ether oxygens (including phenoxy) is 1. The van der Waals surface area contributed by atoms with Crippen molar-refractivity contribution < 1.29 is 35.9 Å². The van der Waals surface area contributed by atoms with Crippen LogP contribution >= 0.6 is 0 Å². The highest BCUT2D eigenvalue weighted by atomic mass is 19.4. The number of nitrogens with zero attached hydrogens (tertiary/aromatic N) is 2. The third kappa shape index (κ3) is 5.25. The second-order valence-electron chi connectivity index (χ2n) is 5.86. The number of para-hydroxylation sites is 1. The van der Waals surface area contributed by atoms with E-state index in [4.69, 9.17) is 0 Å². The van der Waals surface area contributed by atoms with Crippen LogP contribution in [0.3, 0.4) is 0 Å². The Bertz CT molecular complexity index is 1050. The predicted molar refractivity (Wildman–Crippen MR) is 93.5 cm³/mol. The Morgan fingerprint density at radius 2 is 1.67 bits per heavy atom. The molecule has 0 fully saturated rings. The molecule has 0 bridgehead atoms. The fourth-order valence-electron chi connectivity index (χ4n) is 2.46. The van der Waals surface area contributed by atoms with Crippen molar-refractivity contribution in [2.45, 2.75) is 12.5 Å². The summed E-state index contributed by atoms with van der Waals surface area (Å²) in [5, 5.41) is 2.28. The number of halogens is 6. The molecule has 2 aromatic heterocycles. The van der Waals surface area contributed by atoms with Gasteiger partial charge in [-0.2, -0.15) is 13.2 Å². The molecule has 0 aliphatic heterocycles. The van der Waals surface area contributed by atoms with Gasteiger partial charge in [0.05, 0.1) is 5.56 Å². The third-order valence-corrected chi connectivity index (χ3v) is 3.75. The highest BCUT2D eigenvalue weighted by Crippen LogP contribution is 2.34. The number of carbonyl (C=O) groups is 1. The van der Waals surface area contributed by atoms with E-state index in [1.807, 2.05) is 0 Å². The monoisotopic (exact) mass is 427 g/mol. The standard InChI is InChI=1S/C19H11F6N3O2/c20-18(21,22)12-5-6-16(27-10-12)28-17(29)14-9-11(7-8-26-14)13-3-1-2-4-15(13)30-19(23,24)25/h1-10H,(H,27,28,29). The zero-order valence-electron chi connectivity index (χ0n) is 14.8. The van der Waals surface area contributed by atoms with E-state index < -0.39 is 29.8 Å². The van der Waals surface area contributed by atoms with Gasteiger partial charge in [0.25, 0.3) is 5.91 Å². The maximum atomic E-state index is 12.6. The van der Waals surface area contributed by atoms with Crippen LogP contribution in [-0.4, -0.2) is 22.2 Å². The van der Waals surface area contributed by atoms with E-state index in [-0.39, 0.29) is 22.6 Å². The first kappa shape index (κ1) is 21.1. The quantitative estimate of drug-likeness (QED) is 0.573. The molecule has 1 aromatic carbocycles. The minimum absolute atomic E-state index is 0.0685. The predicted octanol–water partition coefficient (Wildman–Crippen LogP) is 5.31. The molecule has 0 spiro atoms. The summed E-state index contributed by atoms with van der Waals surface area (Å²) >= 11 is 0. The number of alkyl halides is 6. The van der Waals surface area contributed by atoms with Crippen LogP contribution < -0.4 is 10.1 Å². The first-order chi connectivity index (χ1) is 14.0. The number of benzene rings is 1. The molecule has 0 aliphatic rings. The van der Waals surface area contributed by atoms with Gasteiger partial charge < -0.3 is 10.1 Å². The molecule has 156 valence electrons. The van der Waals surface area contributed by atoms with E-state index in [0.717, 1.165) is 18.2 Å². The number of nitrogens with one attached hydrogen (secondary N) is 1. The molecule has 0 aliphatic carbocycles. The highest BCUT2D eigenvalue weighted by Gasteiger charge is 2.32. The van der Waals surface area contributed by atoms with Crippen LogP contribution in [0.15, 0.2) is 60.9 Å². The molecule has 0 saturated carbocycles. The van der Waals surface area contributed by atoms with E-state index in [2.05, 4.69) is 20.0 Å². The fraction of sp³-hybridized carbons (Fsp3) is 0.105. The molecule has 0 saturated heterocycles. The van der Waals surface area contributed by atoms with Crippen molar-refractivity contribution in [2.75, 3.05) is 5.32 Å². The second kappa shape index (κ2) is 8.01. The average Bonchev–Trinajstić information content (AvgIpc) is 2.67. The summed E-state index contributed by atoms with van der Waals surface area (Å²) in [5.74, 6) is -1.42.